The zero-order valence-corrected chi connectivity index (χ0v) is 13.4. The summed E-state index contributed by atoms with van der Waals surface area (Å²) in [5, 5.41) is 0. The number of hydrogen-bond donors (Lipinski definition) is 0. The molecule has 0 fully saturated rings. The number of rotatable bonds is 3. The van der Waals surface area contributed by atoms with Crippen molar-refractivity contribution < 1.29 is 4.74 Å². The van der Waals surface area contributed by atoms with E-state index in [0.717, 1.165) is 34.0 Å². The third-order valence-electron chi connectivity index (χ3n) is 3.80. The van der Waals surface area contributed by atoms with E-state index in [0.29, 0.717) is 18.0 Å². The second kappa shape index (κ2) is 5.81. The molecule has 118 valence electrons. The van der Waals surface area contributed by atoms with Crippen LogP contribution in [0.1, 0.15) is 11.4 Å². The molecule has 0 amide bonds. The van der Waals surface area contributed by atoms with Gasteiger partial charge in [0.25, 0.3) is 0 Å². The first-order valence-corrected chi connectivity index (χ1v) is 7.61. The maximum absolute atomic E-state index is 5.27. The Morgan fingerprint density at radius 2 is 2.00 bits per heavy atom. The Balaban J connectivity index is 1.91. The molecule has 0 saturated heterocycles. The fourth-order valence-corrected chi connectivity index (χ4v) is 2.65. The second-order valence-corrected chi connectivity index (χ2v) is 5.48. The summed E-state index contributed by atoms with van der Waals surface area (Å²) in [5.74, 6) is 1.28. The first-order chi connectivity index (χ1) is 11.7. The summed E-state index contributed by atoms with van der Waals surface area (Å²) in [7, 11) is 1.62. The van der Waals surface area contributed by atoms with Crippen molar-refractivity contribution in [2.75, 3.05) is 7.11 Å². The van der Waals surface area contributed by atoms with Gasteiger partial charge in [0.05, 0.1) is 19.0 Å². The van der Waals surface area contributed by atoms with Gasteiger partial charge in [-0.3, -0.25) is 9.98 Å². The van der Waals surface area contributed by atoms with Crippen LogP contribution in [-0.2, 0) is 6.42 Å². The summed E-state index contributed by atoms with van der Waals surface area (Å²) in [5.41, 5.74) is 4.97. The highest BCUT2D eigenvalue weighted by Gasteiger charge is 2.20. The van der Waals surface area contributed by atoms with Crippen molar-refractivity contribution in [3.05, 3.63) is 48.0 Å². The SMILES string of the molecule is COc1cncc(-c2nc(-c3cccc(C)n3)nc3c2N=CC3)c1. The average molecular weight is 317 g/mol. The van der Waals surface area contributed by atoms with Gasteiger partial charge in [-0.05, 0) is 25.1 Å². The number of nitrogens with zero attached hydrogens (tertiary/aromatic N) is 5. The summed E-state index contributed by atoms with van der Waals surface area (Å²) in [6.45, 7) is 1.95. The van der Waals surface area contributed by atoms with Gasteiger partial charge in [0.15, 0.2) is 5.82 Å². The van der Waals surface area contributed by atoms with Gasteiger partial charge in [-0.2, -0.15) is 0 Å². The smallest absolute Gasteiger partial charge is 0.179 e. The Kier molecular flexibility index (Phi) is 3.49. The first-order valence-electron chi connectivity index (χ1n) is 7.61. The van der Waals surface area contributed by atoms with Crippen molar-refractivity contribution >= 4 is 11.9 Å². The molecule has 0 spiro atoms. The predicted molar refractivity (Wildman–Crippen MR) is 91.6 cm³/mol. The topological polar surface area (TPSA) is 73.2 Å². The van der Waals surface area contributed by atoms with E-state index in [9.17, 15) is 0 Å². The first kappa shape index (κ1) is 14.4. The van der Waals surface area contributed by atoms with E-state index in [4.69, 9.17) is 9.72 Å². The highest BCUT2D eigenvalue weighted by Crippen LogP contribution is 2.36. The molecule has 0 bridgehead atoms. The summed E-state index contributed by atoms with van der Waals surface area (Å²) >= 11 is 0. The Morgan fingerprint density at radius 3 is 2.83 bits per heavy atom. The number of aryl methyl sites for hydroxylation is 1. The van der Waals surface area contributed by atoms with Crippen molar-refractivity contribution in [3.8, 4) is 28.5 Å². The summed E-state index contributed by atoms with van der Waals surface area (Å²) in [6.07, 6.45) is 5.97. The molecule has 0 unspecified atom stereocenters. The Bertz CT molecular complexity index is 952. The minimum Gasteiger partial charge on any atom is -0.495 e. The van der Waals surface area contributed by atoms with Crippen LogP contribution in [0.5, 0.6) is 5.75 Å². The number of hydrogen-bond acceptors (Lipinski definition) is 6. The van der Waals surface area contributed by atoms with Crippen LogP contribution in [0.25, 0.3) is 22.8 Å². The number of fused-ring (bicyclic) bond motifs is 1. The molecular weight excluding hydrogens is 302 g/mol. The maximum atomic E-state index is 5.27. The Hall–Kier alpha value is -3.15. The van der Waals surface area contributed by atoms with Crippen LogP contribution in [0.4, 0.5) is 5.69 Å². The lowest BCUT2D eigenvalue weighted by atomic mass is 10.1. The van der Waals surface area contributed by atoms with Crippen LogP contribution in [0.3, 0.4) is 0 Å². The van der Waals surface area contributed by atoms with Crippen molar-refractivity contribution in [2.24, 2.45) is 4.99 Å². The van der Waals surface area contributed by atoms with Crippen molar-refractivity contribution in [1.82, 2.24) is 19.9 Å². The van der Waals surface area contributed by atoms with E-state index in [1.807, 2.05) is 37.4 Å². The molecule has 0 atom stereocenters. The molecule has 0 radical (unpaired) electrons. The molecule has 4 rings (SSSR count). The summed E-state index contributed by atoms with van der Waals surface area (Å²) in [4.78, 5) is 22.6. The molecule has 1 aliphatic rings. The Morgan fingerprint density at radius 1 is 1.08 bits per heavy atom. The number of aliphatic imine (C=N–C) groups is 1. The van der Waals surface area contributed by atoms with Crippen LogP contribution in [0, 0.1) is 6.92 Å². The molecule has 3 aromatic heterocycles. The van der Waals surface area contributed by atoms with Crippen molar-refractivity contribution in [2.45, 2.75) is 13.3 Å². The summed E-state index contributed by atoms with van der Waals surface area (Å²) in [6, 6.07) is 7.72. The Labute approximate surface area is 139 Å². The standard InChI is InChI=1S/C18H15N5O/c1-11-4-3-5-15(21-11)18-22-14-6-7-20-17(14)16(23-18)12-8-13(24-2)10-19-9-12/h3-5,7-10H,6H2,1-2H3. The van der Waals surface area contributed by atoms with E-state index in [1.54, 1.807) is 19.5 Å². The molecule has 1 aliphatic heterocycles. The van der Waals surface area contributed by atoms with Crippen molar-refractivity contribution in [3.63, 3.8) is 0 Å². The van der Waals surface area contributed by atoms with Gasteiger partial charge in [-0.15, -0.1) is 0 Å². The minimum atomic E-state index is 0.598. The molecule has 6 nitrogen and oxygen atoms in total. The monoisotopic (exact) mass is 317 g/mol. The normalized spacial score (nSPS) is 12.2. The lowest BCUT2D eigenvalue weighted by Crippen LogP contribution is -1.99. The number of ether oxygens (including phenoxy) is 1. The van der Waals surface area contributed by atoms with E-state index in [-0.39, 0.29) is 0 Å². The lowest BCUT2D eigenvalue weighted by Gasteiger charge is -2.10. The average Bonchev–Trinajstić information content (AvgIpc) is 3.09. The molecule has 4 heterocycles. The van der Waals surface area contributed by atoms with Crippen LogP contribution in [0.15, 0.2) is 41.7 Å². The number of methoxy groups -OCH3 is 1. The zero-order chi connectivity index (χ0) is 16.5. The van der Waals surface area contributed by atoms with E-state index < -0.39 is 0 Å². The van der Waals surface area contributed by atoms with E-state index in [2.05, 4.69) is 19.9 Å². The largest absolute Gasteiger partial charge is 0.495 e. The molecule has 6 heteroatoms. The molecule has 24 heavy (non-hydrogen) atoms. The quantitative estimate of drug-likeness (QED) is 0.742. The van der Waals surface area contributed by atoms with Crippen molar-refractivity contribution in [1.29, 1.82) is 0 Å². The van der Waals surface area contributed by atoms with Crippen LogP contribution in [-0.4, -0.2) is 33.3 Å². The number of aromatic nitrogens is 4. The maximum Gasteiger partial charge on any atom is 0.179 e. The van der Waals surface area contributed by atoms with Gasteiger partial charge in [0, 0.05) is 30.1 Å². The predicted octanol–water partition coefficient (Wildman–Crippen LogP) is 3.18. The second-order valence-electron chi connectivity index (χ2n) is 5.48. The molecule has 0 aliphatic carbocycles. The van der Waals surface area contributed by atoms with E-state index in [1.165, 1.54) is 0 Å². The van der Waals surface area contributed by atoms with Crippen LogP contribution < -0.4 is 4.74 Å². The minimum absolute atomic E-state index is 0.598. The number of pyridine rings is 2. The summed E-state index contributed by atoms with van der Waals surface area (Å²) < 4.78 is 5.27. The fraction of sp³-hybridized carbons (Fsp3) is 0.167. The zero-order valence-electron chi connectivity index (χ0n) is 13.4. The van der Waals surface area contributed by atoms with Gasteiger partial charge in [0.1, 0.15) is 22.8 Å². The molecule has 0 N–H and O–H groups in total. The molecule has 0 saturated carbocycles. The molecular formula is C18H15N5O. The van der Waals surface area contributed by atoms with Gasteiger partial charge in [-0.25, -0.2) is 15.0 Å². The van der Waals surface area contributed by atoms with E-state index >= 15 is 0 Å². The molecule has 3 aromatic rings. The van der Waals surface area contributed by atoms with Crippen LogP contribution >= 0.6 is 0 Å². The van der Waals surface area contributed by atoms with Gasteiger partial charge in [0.2, 0.25) is 0 Å². The fourth-order valence-electron chi connectivity index (χ4n) is 2.65. The highest BCUT2D eigenvalue weighted by atomic mass is 16.5. The van der Waals surface area contributed by atoms with Gasteiger partial charge < -0.3 is 4.74 Å². The third-order valence-corrected chi connectivity index (χ3v) is 3.80. The lowest BCUT2D eigenvalue weighted by molar-refractivity contribution is 0.413. The van der Waals surface area contributed by atoms with Crippen LogP contribution in [0.2, 0.25) is 0 Å². The van der Waals surface area contributed by atoms with Gasteiger partial charge >= 0.3 is 0 Å². The highest BCUT2D eigenvalue weighted by molar-refractivity contribution is 5.84. The molecule has 0 aromatic carbocycles. The van der Waals surface area contributed by atoms with Gasteiger partial charge in [-0.1, -0.05) is 6.07 Å². The third kappa shape index (κ3) is 2.52.